The van der Waals surface area contributed by atoms with Gasteiger partial charge in [0.15, 0.2) is 0 Å². The lowest BCUT2D eigenvalue weighted by molar-refractivity contribution is -0.137. The molecular weight excluding hydrogens is 278 g/mol. The van der Waals surface area contributed by atoms with Crippen LogP contribution in [-0.2, 0) is 14.8 Å². The molecule has 0 aliphatic carbocycles. The van der Waals surface area contributed by atoms with Crippen LogP contribution in [0.3, 0.4) is 0 Å². The molecule has 1 aromatic rings. The highest BCUT2D eigenvalue weighted by molar-refractivity contribution is 7.89. The molecular formula is C11H14ClNO4S. The summed E-state index contributed by atoms with van der Waals surface area (Å²) in [6, 6.07) is 5.06. The lowest BCUT2D eigenvalue weighted by atomic mass is 10.2. The summed E-state index contributed by atoms with van der Waals surface area (Å²) < 4.78 is 26.3. The Labute approximate surface area is 111 Å². The molecule has 2 N–H and O–H groups in total. The minimum Gasteiger partial charge on any atom is -0.481 e. The van der Waals surface area contributed by atoms with Crippen LogP contribution in [0.1, 0.15) is 19.8 Å². The van der Waals surface area contributed by atoms with Gasteiger partial charge in [-0.2, -0.15) is 0 Å². The number of benzene rings is 1. The first-order chi connectivity index (χ1) is 8.35. The second-order valence-corrected chi connectivity index (χ2v) is 5.93. The molecule has 0 aliphatic rings. The fraction of sp³-hybridized carbons (Fsp3) is 0.364. The Bertz CT molecular complexity index is 512. The summed E-state index contributed by atoms with van der Waals surface area (Å²) in [5.74, 6) is -1.04. The summed E-state index contributed by atoms with van der Waals surface area (Å²) in [5, 5.41) is 9.10. The third kappa shape index (κ3) is 4.29. The van der Waals surface area contributed by atoms with Crippen molar-refractivity contribution in [3.63, 3.8) is 0 Å². The summed E-state index contributed by atoms with van der Waals surface area (Å²) >= 11 is 5.67. The zero-order valence-corrected chi connectivity index (χ0v) is 11.3. The molecule has 100 valence electrons. The van der Waals surface area contributed by atoms with E-state index in [1.807, 2.05) is 0 Å². The van der Waals surface area contributed by atoms with Crippen LogP contribution < -0.4 is 4.72 Å². The van der Waals surface area contributed by atoms with Crippen LogP contribution in [0.2, 0.25) is 5.02 Å². The second kappa shape index (κ2) is 6.17. The fourth-order valence-corrected chi connectivity index (χ4v) is 2.83. The molecule has 0 spiro atoms. The van der Waals surface area contributed by atoms with Crippen LogP contribution in [0.4, 0.5) is 0 Å². The van der Waals surface area contributed by atoms with Gasteiger partial charge in [-0.25, -0.2) is 13.1 Å². The van der Waals surface area contributed by atoms with E-state index in [4.69, 9.17) is 16.7 Å². The average molecular weight is 292 g/mol. The van der Waals surface area contributed by atoms with Crippen LogP contribution in [-0.4, -0.2) is 25.5 Å². The van der Waals surface area contributed by atoms with E-state index in [-0.39, 0.29) is 11.3 Å². The van der Waals surface area contributed by atoms with E-state index in [9.17, 15) is 13.2 Å². The van der Waals surface area contributed by atoms with E-state index >= 15 is 0 Å². The van der Waals surface area contributed by atoms with Crippen molar-refractivity contribution in [3.05, 3.63) is 29.3 Å². The Balaban J connectivity index is 2.86. The summed E-state index contributed by atoms with van der Waals surface area (Å²) in [4.78, 5) is 10.6. The molecule has 0 aromatic heterocycles. The van der Waals surface area contributed by atoms with Crippen molar-refractivity contribution in [1.82, 2.24) is 4.72 Å². The van der Waals surface area contributed by atoms with E-state index in [0.717, 1.165) is 0 Å². The Morgan fingerprint density at radius 1 is 1.39 bits per heavy atom. The standard InChI is InChI=1S/C11H14ClNO4S/c1-2-9(7-11(14)15)13-18(16,17)10-5-3-8(12)4-6-10/h3-6,9,13H,2,7H2,1H3,(H,14,15). The Morgan fingerprint density at radius 2 is 1.94 bits per heavy atom. The lowest BCUT2D eigenvalue weighted by Crippen LogP contribution is -2.35. The number of halogens is 1. The molecule has 1 rings (SSSR count). The summed E-state index contributed by atoms with van der Waals surface area (Å²) in [6.07, 6.45) is 0.155. The quantitative estimate of drug-likeness (QED) is 0.838. The Hall–Kier alpha value is -1.11. The highest BCUT2D eigenvalue weighted by Gasteiger charge is 2.20. The van der Waals surface area contributed by atoms with Crippen molar-refractivity contribution in [1.29, 1.82) is 0 Å². The van der Waals surface area contributed by atoms with E-state index < -0.39 is 22.0 Å². The van der Waals surface area contributed by atoms with Crippen LogP contribution in [0, 0.1) is 0 Å². The third-order valence-electron chi connectivity index (χ3n) is 2.36. The summed E-state index contributed by atoms with van der Waals surface area (Å²) in [5.41, 5.74) is 0. The number of carbonyl (C=O) groups is 1. The maximum atomic E-state index is 11.9. The van der Waals surface area contributed by atoms with Gasteiger partial charge in [0.25, 0.3) is 0 Å². The van der Waals surface area contributed by atoms with Crippen molar-refractivity contribution in [3.8, 4) is 0 Å². The van der Waals surface area contributed by atoms with Gasteiger partial charge in [0.05, 0.1) is 11.3 Å². The molecule has 1 aromatic carbocycles. The smallest absolute Gasteiger partial charge is 0.304 e. The molecule has 1 unspecified atom stereocenters. The number of carboxylic acid groups (broad SMARTS) is 1. The van der Waals surface area contributed by atoms with E-state index in [2.05, 4.69) is 4.72 Å². The van der Waals surface area contributed by atoms with Crippen LogP contribution in [0.5, 0.6) is 0 Å². The van der Waals surface area contributed by atoms with Crippen molar-refractivity contribution in [2.45, 2.75) is 30.7 Å². The van der Waals surface area contributed by atoms with E-state index in [0.29, 0.717) is 11.4 Å². The Kier molecular flexibility index (Phi) is 5.13. The topological polar surface area (TPSA) is 83.5 Å². The van der Waals surface area contributed by atoms with Gasteiger partial charge in [0.1, 0.15) is 0 Å². The minimum atomic E-state index is -3.71. The molecule has 0 amide bonds. The van der Waals surface area contributed by atoms with Gasteiger partial charge < -0.3 is 5.11 Å². The average Bonchev–Trinajstić information content (AvgIpc) is 2.27. The molecule has 18 heavy (non-hydrogen) atoms. The summed E-state index contributed by atoms with van der Waals surface area (Å²) in [7, 11) is -3.71. The van der Waals surface area contributed by atoms with E-state index in [1.165, 1.54) is 24.3 Å². The molecule has 0 fully saturated rings. The number of hydrogen-bond acceptors (Lipinski definition) is 3. The van der Waals surface area contributed by atoms with Crippen molar-refractivity contribution in [2.75, 3.05) is 0 Å². The molecule has 0 radical (unpaired) electrons. The maximum absolute atomic E-state index is 11.9. The van der Waals surface area contributed by atoms with Crippen molar-refractivity contribution >= 4 is 27.6 Å². The first kappa shape index (κ1) is 14.9. The molecule has 1 atom stereocenters. The third-order valence-corrected chi connectivity index (χ3v) is 4.15. The Morgan fingerprint density at radius 3 is 2.39 bits per heavy atom. The summed E-state index contributed by atoms with van der Waals surface area (Å²) in [6.45, 7) is 1.72. The molecule has 0 aliphatic heterocycles. The van der Waals surface area contributed by atoms with Crippen LogP contribution in [0.25, 0.3) is 0 Å². The van der Waals surface area contributed by atoms with Gasteiger partial charge in [0.2, 0.25) is 10.0 Å². The molecule has 7 heteroatoms. The highest BCUT2D eigenvalue weighted by atomic mass is 35.5. The minimum absolute atomic E-state index is 0.0655. The molecule has 0 saturated carbocycles. The van der Waals surface area contributed by atoms with E-state index in [1.54, 1.807) is 6.92 Å². The van der Waals surface area contributed by atoms with Gasteiger partial charge in [-0.15, -0.1) is 0 Å². The number of hydrogen-bond donors (Lipinski definition) is 2. The molecule has 0 bridgehead atoms. The van der Waals surface area contributed by atoms with Crippen LogP contribution >= 0.6 is 11.6 Å². The van der Waals surface area contributed by atoms with Gasteiger partial charge in [-0.05, 0) is 30.7 Å². The lowest BCUT2D eigenvalue weighted by Gasteiger charge is -2.15. The van der Waals surface area contributed by atoms with Crippen LogP contribution in [0.15, 0.2) is 29.2 Å². The van der Waals surface area contributed by atoms with Gasteiger partial charge >= 0.3 is 5.97 Å². The van der Waals surface area contributed by atoms with Crippen molar-refractivity contribution < 1.29 is 18.3 Å². The highest BCUT2D eigenvalue weighted by Crippen LogP contribution is 2.15. The van der Waals surface area contributed by atoms with Gasteiger partial charge in [-0.1, -0.05) is 18.5 Å². The number of sulfonamides is 1. The fourth-order valence-electron chi connectivity index (χ4n) is 1.38. The molecule has 0 saturated heterocycles. The number of rotatable bonds is 6. The first-order valence-corrected chi connectivity index (χ1v) is 7.21. The largest absolute Gasteiger partial charge is 0.481 e. The number of carboxylic acids is 1. The molecule has 5 nitrogen and oxygen atoms in total. The number of aliphatic carboxylic acids is 1. The predicted molar refractivity (Wildman–Crippen MR) is 68.1 cm³/mol. The zero-order chi connectivity index (χ0) is 13.8. The van der Waals surface area contributed by atoms with Gasteiger partial charge in [0, 0.05) is 11.1 Å². The monoisotopic (exact) mass is 291 g/mol. The first-order valence-electron chi connectivity index (χ1n) is 5.35. The SMILES string of the molecule is CCC(CC(=O)O)NS(=O)(=O)c1ccc(Cl)cc1. The maximum Gasteiger partial charge on any atom is 0.304 e. The normalized spacial score (nSPS) is 13.2. The zero-order valence-electron chi connectivity index (χ0n) is 9.76. The number of nitrogens with one attached hydrogen (secondary N) is 1. The molecule has 0 heterocycles. The van der Waals surface area contributed by atoms with Crippen molar-refractivity contribution in [2.24, 2.45) is 0 Å². The predicted octanol–water partition coefficient (Wildman–Crippen LogP) is 1.87. The van der Waals surface area contributed by atoms with Gasteiger partial charge in [-0.3, -0.25) is 4.79 Å². The second-order valence-electron chi connectivity index (χ2n) is 3.78.